The number of carbonyl (C=O) groups is 1. The molecule has 1 amide bonds. The maximum Gasteiger partial charge on any atom is 0.220 e. The summed E-state index contributed by atoms with van der Waals surface area (Å²) in [4.78, 5) is 14.3. The molecule has 3 N–H and O–H groups in total. The minimum Gasteiger partial charge on any atom is -0.399 e. The molecule has 0 unspecified atom stereocenters. The van der Waals surface area contributed by atoms with Crippen LogP contribution >= 0.6 is 24.8 Å². The zero-order chi connectivity index (χ0) is 14.4. The molecule has 0 radical (unpaired) electrons. The summed E-state index contributed by atoms with van der Waals surface area (Å²) in [6.45, 7) is 4.95. The number of benzene rings is 1. The number of nitrogens with two attached hydrogens (primary N) is 1. The highest BCUT2D eigenvalue weighted by Crippen LogP contribution is 2.25. The van der Waals surface area contributed by atoms with Crippen LogP contribution in [0.2, 0.25) is 0 Å². The summed E-state index contributed by atoms with van der Waals surface area (Å²) in [6, 6.07) is 8.49. The smallest absolute Gasteiger partial charge is 0.220 e. The second kappa shape index (κ2) is 10.7. The normalized spacial score (nSPS) is 13.2. The number of nitrogens with zero attached hydrogens (tertiary/aromatic N) is 1. The quantitative estimate of drug-likeness (QED) is 0.710. The third-order valence-electron chi connectivity index (χ3n) is 3.87. The number of hydrogen-bond acceptors (Lipinski definition) is 3. The molecule has 0 aliphatic heterocycles. The lowest BCUT2D eigenvalue weighted by Gasteiger charge is -2.19. The van der Waals surface area contributed by atoms with E-state index in [0.717, 1.165) is 36.9 Å². The number of nitrogen functional groups attached to an aromatic ring is 1. The standard InChI is InChI=1S/C16H25N3O.2ClH/c1-2-19(14-8-9-14)12-11-18-16(20)10-7-13-5-3-4-6-15(13)17;;/h3-6,14H,2,7-12,17H2,1H3,(H,18,20);2*1H. The molecule has 2 rings (SSSR count). The van der Waals surface area contributed by atoms with Crippen molar-refractivity contribution in [3.05, 3.63) is 29.8 Å². The number of nitrogens with one attached hydrogen (secondary N) is 1. The van der Waals surface area contributed by atoms with E-state index in [-0.39, 0.29) is 30.7 Å². The van der Waals surface area contributed by atoms with Gasteiger partial charge in [-0.2, -0.15) is 0 Å². The molecule has 6 heteroatoms. The van der Waals surface area contributed by atoms with Crippen LogP contribution in [-0.4, -0.2) is 36.5 Å². The Labute approximate surface area is 145 Å². The zero-order valence-electron chi connectivity index (χ0n) is 13.1. The van der Waals surface area contributed by atoms with Crippen molar-refractivity contribution in [2.75, 3.05) is 25.4 Å². The number of carbonyl (C=O) groups excluding carboxylic acids is 1. The van der Waals surface area contributed by atoms with Gasteiger partial charge in [-0.25, -0.2) is 0 Å². The van der Waals surface area contributed by atoms with Crippen molar-refractivity contribution in [2.24, 2.45) is 0 Å². The van der Waals surface area contributed by atoms with Gasteiger partial charge in [0.2, 0.25) is 5.91 Å². The van der Waals surface area contributed by atoms with Crippen LogP contribution in [-0.2, 0) is 11.2 Å². The molecule has 0 heterocycles. The molecule has 0 spiro atoms. The van der Waals surface area contributed by atoms with Gasteiger partial charge in [-0.05, 0) is 37.4 Å². The van der Waals surface area contributed by atoms with E-state index in [1.54, 1.807) is 0 Å². The lowest BCUT2D eigenvalue weighted by Crippen LogP contribution is -2.36. The van der Waals surface area contributed by atoms with E-state index in [0.29, 0.717) is 12.8 Å². The maximum absolute atomic E-state index is 11.8. The van der Waals surface area contributed by atoms with Crippen molar-refractivity contribution < 1.29 is 4.79 Å². The number of para-hydroxylation sites is 1. The summed E-state index contributed by atoms with van der Waals surface area (Å²) in [5.74, 6) is 0.111. The molecule has 1 aromatic carbocycles. The van der Waals surface area contributed by atoms with Crippen LogP contribution in [0.4, 0.5) is 5.69 Å². The predicted molar refractivity (Wildman–Crippen MR) is 97.0 cm³/mol. The van der Waals surface area contributed by atoms with E-state index in [1.807, 2.05) is 24.3 Å². The molecular formula is C16H27Cl2N3O. The molecule has 1 fully saturated rings. The number of amides is 1. The van der Waals surface area contributed by atoms with Gasteiger partial charge >= 0.3 is 0 Å². The van der Waals surface area contributed by atoms with Gasteiger partial charge < -0.3 is 11.1 Å². The number of halogens is 2. The van der Waals surface area contributed by atoms with Crippen LogP contribution in [0.1, 0.15) is 31.7 Å². The minimum atomic E-state index is 0. The Hall–Kier alpha value is -0.970. The summed E-state index contributed by atoms with van der Waals surface area (Å²) >= 11 is 0. The molecule has 1 saturated carbocycles. The van der Waals surface area contributed by atoms with Crippen LogP contribution in [0.5, 0.6) is 0 Å². The molecule has 0 bridgehead atoms. The van der Waals surface area contributed by atoms with Crippen LogP contribution < -0.4 is 11.1 Å². The van der Waals surface area contributed by atoms with Crippen molar-refractivity contribution in [3.63, 3.8) is 0 Å². The monoisotopic (exact) mass is 347 g/mol. The first-order valence-electron chi connectivity index (χ1n) is 7.55. The van der Waals surface area contributed by atoms with Crippen LogP contribution in [0, 0.1) is 0 Å². The van der Waals surface area contributed by atoms with Crippen molar-refractivity contribution in [3.8, 4) is 0 Å². The summed E-state index contributed by atoms with van der Waals surface area (Å²) in [7, 11) is 0. The average molecular weight is 348 g/mol. The Morgan fingerprint density at radius 3 is 2.59 bits per heavy atom. The minimum absolute atomic E-state index is 0. The maximum atomic E-state index is 11.8. The van der Waals surface area contributed by atoms with E-state index in [4.69, 9.17) is 5.73 Å². The van der Waals surface area contributed by atoms with Crippen LogP contribution in [0.3, 0.4) is 0 Å². The largest absolute Gasteiger partial charge is 0.399 e. The lowest BCUT2D eigenvalue weighted by molar-refractivity contribution is -0.121. The first-order valence-corrected chi connectivity index (χ1v) is 7.55. The Morgan fingerprint density at radius 1 is 1.32 bits per heavy atom. The second-order valence-electron chi connectivity index (χ2n) is 5.41. The van der Waals surface area contributed by atoms with Gasteiger partial charge in [0, 0.05) is 31.2 Å². The summed E-state index contributed by atoms with van der Waals surface area (Å²) in [6.07, 6.45) is 3.84. The SMILES string of the molecule is CCN(CCNC(=O)CCc1ccccc1N)C1CC1.Cl.Cl. The number of hydrogen-bond donors (Lipinski definition) is 2. The number of rotatable bonds is 8. The zero-order valence-corrected chi connectivity index (χ0v) is 14.7. The fraction of sp³-hybridized carbons (Fsp3) is 0.562. The number of aryl methyl sites for hydroxylation is 1. The Morgan fingerprint density at radius 2 is 2.00 bits per heavy atom. The van der Waals surface area contributed by atoms with Crippen molar-refractivity contribution in [1.29, 1.82) is 0 Å². The summed E-state index contributed by atoms with van der Waals surface area (Å²) in [5, 5.41) is 3.00. The van der Waals surface area contributed by atoms with Gasteiger partial charge in [-0.3, -0.25) is 9.69 Å². The van der Waals surface area contributed by atoms with Gasteiger partial charge in [0.15, 0.2) is 0 Å². The van der Waals surface area contributed by atoms with E-state index in [1.165, 1.54) is 12.8 Å². The van der Waals surface area contributed by atoms with E-state index >= 15 is 0 Å². The van der Waals surface area contributed by atoms with Crippen molar-refractivity contribution in [2.45, 2.75) is 38.6 Å². The molecule has 0 atom stereocenters. The molecule has 1 aliphatic rings. The van der Waals surface area contributed by atoms with E-state index < -0.39 is 0 Å². The molecular weight excluding hydrogens is 321 g/mol. The van der Waals surface area contributed by atoms with Gasteiger partial charge in [0.05, 0.1) is 0 Å². The van der Waals surface area contributed by atoms with Gasteiger partial charge in [0.25, 0.3) is 0 Å². The topological polar surface area (TPSA) is 58.4 Å². The molecule has 4 nitrogen and oxygen atoms in total. The Bertz CT molecular complexity index is 453. The molecule has 126 valence electrons. The average Bonchev–Trinajstić information content (AvgIpc) is 3.27. The molecule has 1 aliphatic carbocycles. The summed E-state index contributed by atoms with van der Waals surface area (Å²) in [5.41, 5.74) is 7.69. The Balaban J connectivity index is 0.00000220. The lowest BCUT2D eigenvalue weighted by atomic mass is 10.1. The third-order valence-corrected chi connectivity index (χ3v) is 3.87. The molecule has 0 aromatic heterocycles. The summed E-state index contributed by atoms with van der Waals surface area (Å²) < 4.78 is 0. The fourth-order valence-electron chi connectivity index (χ4n) is 2.48. The van der Waals surface area contributed by atoms with Gasteiger partial charge in [-0.15, -0.1) is 24.8 Å². The first-order chi connectivity index (χ1) is 9.70. The van der Waals surface area contributed by atoms with E-state index in [2.05, 4.69) is 17.1 Å². The first kappa shape index (κ1) is 21.0. The third kappa shape index (κ3) is 6.86. The van der Waals surface area contributed by atoms with E-state index in [9.17, 15) is 4.79 Å². The molecule has 22 heavy (non-hydrogen) atoms. The fourth-order valence-corrected chi connectivity index (χ4v) is 2.48. The van der Waals surface area contributed by atoms with Gasteiger partial charge in [0.1, 0.15) is 0 Å². The number of anilines is 1. The highest BCUT2D eigenvalue weighted by Gasteiger charge is 2.27. The molecule has 0 saturated heterocycles. The highest BCUT2D eigenvalue weighted by molar-refractivity contribution is 5.85. The Kier molecular flexibility index (Phi) is 10.2. The van der Waals surface area contributed by atoms with Crippen molar-refractivity contribution >= 4 is 36.4 Å². The van der Waals surface area contributed by atoms with Crippen molar-refractivity contribution in [1.82, 2.24) is 10.2 Å². The second-order valence-corrected chi connectivity index (χ2v) is 5.41. The van der Waals surface area contributed by atoms with Crippen LogP contribution in [0.25, 0.3) is 0 Å². The molecule has 1 aromatic rings. The highest BCUT2D eigenvalue weighted by atomic mass is 35.5. The van der Waals surface area contributed by atoms with Crippen LogP contribution in [0.15, 0.2) is 24.3 Å². The van der Waals surface area contributed by atoms with Gasteiger partial charge in [-0.1, -0.05) is 25.1 Å². The predicted octanol–water partition coefficient (Wildman–Crippen LogP) is 2.65. The number of likely N-dealkylation sites (N-methyl/N-ethyl adjacent to an activating group) is 1.